The third kappa shape index (κ3) is 5.44. The average molecular weight is 515 g/mol. The number of para-hydroxylation sites is 1. The highest BCUT2D eigenvalue weighted by Gasteiger charge is 2.22. The Labute approximate surface area is 211 Å². The summed E-state index contributed by atoms with van der Waals surface area (Å²) in [5.41, 5.74) is 1.92. The second-order valence-electron chi connectivity index (χ2n) is 7.48. The molecule has 4 rings (SSSR count). The molecule has 0 saturated carbocycles. The van der Waals surface area contributed by atoms with Gasteiger partial charge < -0.3 is 9.64 Å². The van der Waals surface area contributed by atoms with Crippen LogP contribution < -0.4 is 0 Å². The molecule has 2 aromatic carbocycles. The molecule has 0 N–H and O–H groups in total. The van der Waals surface area contributed by atoms with Crippen LogP contribution in [0, 0.1) is 0 Å². The van der Waals surface area contributed by atoms with Crippen LogP contribution >= 0.6 is 34.8 Å². The maximum absolute atomic E-state index is 13.0. The quantitative estimate of drug-likeness (QED) is 0.172. The van der Waals surface area contributed by atoms with E-state index in [0.717, 1.165) is 16.5 Å². The number of ether oxygens (including phenoxy) is 1. The Morgan fingerprint density at radius 1 is 1.09 bits per heavy atom. The van der Waals surface area contributed by atoms with Crippen molar-refractivity contribution in [2.75, 3.05) is 14.1 Å². The first-order chi connectivity index (χ1) is 16.3. The van der Waals surface area contributed by atoms with Crippen molar-refractivity contribution >= 4 is 63.8 Å². The van der Waals surface area contributed by atoms with Crippen molar-refractivity contribution in [2.45, 2.75) is 6.61 Å². The van der Waals surface area contributed by atoms with Crippen molar-refractivity contribution in [3.8, 4) is 11.4 Å². The lowest BCUT2D eigenvalue weighted by Gasteiger charge is -2.11. The van der Waals surface area contributed by atoms with E-state index in [2.05, 4.69) is 19.9 Å². The van der Waals surface area contributed by atoms with Gasteiger partial charge in [-0.05, 0) is 30.3 Å². The fraction of sp³-hybridized carbons (Fsp3) is 0.125. The first-order valence-electron chi connectivity index (χ1n) is 10.1. The molecule has 0 aliphatic heterocycles. The Morgan fingerprint density at radius 2 is 1.88 bits per heavy atom. The van der Waals surface area contributed by atoms with Gasteiger partial charge >= 0.3 is 5.97 Å². The Balaban J connectivity index is 1.68. The lowest BCUT2D eigenvalue weighted by Crippen LogP contribution is -2.11. The summed E-state index contributed by atoms with van der Waals surface area (Å²) in [6.45, 7) is -0.00959. The normalized spacial score (nSPS) is 11.2. The van der Waals surface area contributed by atoms with E-state index < -0.39 is 5.97 Å². The van der Waals surface area contributed by atoms with Gasteiger partial charge in [-0.25, -0.2) is 19.8 Å². The summed E-state index contributed by atoms with van der Waals surface area (Å²) >= 11 is 18.8. The van der Waals surface area contributed by atoms with Crippen molar-refractivity contribution in [1.29, 1.82) is 0 Å². The first kappa shape index (κ1) is 23.9. The van der Waals surface area contributed by atoms with Gasteiger partial charge in [-0.3, -0.25) is 4.98 Å². The zero-order valence-electron chi connectivity index (χ0n) is 18.2. The molecule has 2 aromatic heterocycles. The van der Waals surface area contributed by atoms with Crippen LogP contribution in [0.3, 0.4) is 0 Å². The van der Waals surface area contributed by atoms with Gasteiger partial charge in [0.2, 0.25) is 0 Å². The van der Waals surface area contributed by atoms with Crippen molar-refractivity contribution in [3.63, 3.8) is 0 Å². The van der Waals surface area contributed by atoms with Gasteiger partial charge in [0.05, 0.1) is 16.9 Å². The van der Waals surface area contributed by atoms with Crippen LogP contribution in [0.4, 0.5) is 5.82 Å². The monoisotopic (exact) mass is 513 g/mol. The summed E-state index contributed by atoms with van der Waals surface area (Å²) in [6.07, 6.45) is 3.17. The Kier molecular flexibility index (Phi) is 7.26. The number of benzene rings is 2. The molecule has 0 fully saturated rings. The van der Waals surface area contributed by atoms with Crippen molar-refractivity contribution in [3.05, 3.63) is 81.1 Å². The van der Waals surface area contributed by atoms with Crippen LogP contribution in [0.25, 0.3) is 22.3 Å². The van der Waals surface area contributed by atoms with E-state index in [-0.39, 0.29) is 29.0 Å². The highest BCUT2D eigenvalue weighted by molar-refractivity contribution is 6.37. The number of rotatable bonds is 6. The van der Waals surface area contributed by atoms with Gasteiger partial charge in [0, 0.05) is 41.8 Å². The fourth-order valence-corrected chi connectivity index (χ4v) is 3.73. The maximum atomic E-state index is 13.0. The molecule has 0 aliphatic carbocycles. The molecule has 0 spiro atoms. The van der Waals surface area contributed by atoms with Crippen LogP contribution in [-0.2, 0) is 11.3 Å². The molecular weight excluding hydrogens is 497 g/mol. The number of hydrogen-bond donors (Lipinski definition) is 0. The molecule has 34 heavy (non-hydrogen) atoms. The third-order valence-electron chi connectivity index (χ3n) is 4.63. The predicted molar refractivity (Wildman–Crippen MR) is 135 cm³/mol. The van der Waals surface area contributed by atoms with Crippen molar-refractivity contribution < 1.29 is 9.53 Å². The zero-order chi connectivity index (χ0) is 24.2. The SMILES string of the molecule is CN(C)/C=N/c1nc(-c2ccc(Cl)cc2Cl)nc(C(=O)OCc2cnc3ccccc3c2)c1Cl. The lowest BCUT2D eigenvalue weighted by atomic mass is 10.2. The largest absolute Gasteiger partial charge is 0.456 e. The molecule has 0 aliphatic rings. The van der Waals surface area contributed by atoms with Crippen molar-refractivity contribution in [2.24, 2.45) is 4.99 Å². The molecule has 0 saturated heterocycles. The molecule has 0 radical (unpaired) electrons. The second kappa shape index (κ2) is 10.3. The summed E-state index contributed by atoms with van der Waals surface area (Å²) < 4.78 is 5.49. The molecule has 10 heteroatoms. The van der Waals surface area contributed by atoms with E-state index in [1.165, 1.54) is 6.34 Å². The number of halogens is 3. The van der Waals surface area contributed by atoms with E-state index in [1.54, 1.807) is 43.4 Å². The molecule has 172 valence electrons. The van der Waals surface area contributed by atoms with Gasteiger partial charge in [0.25, 0.3) is 0 Å². The van der Waals surface area contributed by atoms with E-state index in [4.69, 9.17) is 39.5 Å². The number of pyridine rings is 1. The smallest absolute Gasteiger partial charge is 0.359 e. The number of carbonyl (C=O) groups excluding carboxylic acids is 1. The fourth-order valence-electron chi connectivity index (χ4n) is 3.03. The van der Waals surface area contributed by atoms with Gasteiger partial charge in [-0.15, -0.1) is 0 Å². The number of nitrogens with zero attached hydrogens (tertiary/aromatic N) is 5. The molecule has 7 nitrogen and oxygen atoms in total. The Hall–Kier alpha value is -3.26. The van der Waals surface area contributed by atoms with Gasteiger partial charge in [-0.2, -0.15) is 0 Å². The predicted octanol–water partition coefficient (Wildman–Crippen LogP) is 6.23. The highest BCUT2D eigenvalue weighted by Crippen LogP contribution is 2.33. The van der Waals surface area contributed by atoms with Crippen LogP contribution in [0.2, 0.25) is 15.1 Å². The maximum Gasteiger partial charge on any atom is 0.359 e. The molecule has 0 atom stereocenters. The highest BCUT2D eigenvalue weighted by atomic mass is 35.5. The van der Waals surface area contributed by atoms with Gasteiger partial charge in [0.15, 0.2) is 17.3 Å². The van der Waals surface area contributed by atoms with E-state index in [9.17, 15) is 4.79 Å². The topological polar surface area (TPSA) is 80.6 Å². The third-order valence-corrected chi connectivity index (χ3v) is 5.52. The summed E-state index contributed by atoms with van der Waals surface area (Å²) in [6, 6.07) is 14.4. The standard InChI is InChI=1S/C24H18Cl3N5O2/c1-32(2)13-29-23-20(27)21(30-22(31-23)17-8-7-16(25)10-18(17)26)24(33)34-12-14-9-15-5-3-4-6-19(15)28-11-14/h3-11,13H,12H2,1-2H3/b29-13+. The molecule has 0 amide bonds. The molecule has 4 aromatic rings. The number of aromatic nitrogens is 3. The van der Waals surface area contributed by atoms with E-state index >= 15 is 0 Å². The van der Waals surface area contributed by atoms with Gasteiger partial charge in [-0.1, -0.05) is 53.0 Å². The minimum absolute atomic E-state index is 0.00959. The molecule has 2 heterocycles. The minimum Gasteiger partial charge on any atom is -0.456 e. The summed E-state index contributed by atoms with van der Waals surface area (Å²) in [5, 5.41) is 1.68. The Bertz CT molecular complexity index is 1410. The molecular formula is C24H18Cl3N5O2. The van der Waals surface area contributed by atoms with E-state index in [0.29, 0.717) is 15.6 Å². The van der Waals surface area contributed by atoms with Crippen LogP contribution in [0.1, 0.15) is 16.1 Å². The molecule has 0 unspecified atom stereocenters. The van der Waals surface area contributed by atoms with Crippen LogP contribution in [0.15, 0.2) is 59.7 Å². The summed E-state index contributed by atoms with van der Waals surface area (Å²) in [4.78, 5) is 32.1. The van der Waals surface area contributed by atoms with Crippen LogP contribution in [-0.4, -0.2) is 46.3 Å². The van der Waals surface area contributed by atoms with E-state index in [1.807, 2.05) is 30.3 Å². The van der Waals surface area contributed by atoms with Crippen molar-refractivity contribution in [1.82, 2.24) is 19.9 Å². The van der Waals surface area contributed by atoms with Gasteiger partial charge in [0.1, 0.15) is 11.6 Å². The average Bonchev–Trinajstić information content (AvgIpc) is 2.82. The number of hydrogen-bond acceptors (Lipinski definition) is 6. The Morgan fingerprint density at radius 3 is 2.65 bits per heavy atom. The number of fused-ring (bicyclic) bond motifs is 1. The number of esters is 1. The minimum atomic E-state index is -0.729. The lowest BCUT2D eigenvalue weighted by molar-refractivity contribution is 0.0465. The zero-order valence-corrected chi connectivity index (χ0v) is 20.4. The summed E-state index contributed by atoms with van der Waals surface area (Å²) in [7, 11) is 3.59. The second-order valence-corrected chi connectivity index (χ2v) is 8.70. The van der Waals surface area contributed by atoms with Crippen LogP contribution in [0.5, 0.6) is 0 Å². The number of carbonyl (C=O) groups is 1. The summed E-state index contributed by atoms with van der Waals surface area (Å²) in [5.74, 6) is -0.463. The number of aliphatic imine (C=N–C) groups is 1. The first-order valence-corrected chi connectivity index (χ1v) is 11.2. The molecule has 0 bridgehead atoms.